The number of piperidine rings is 1. The van der Waals surface area contributed by atoms with Crippen molar-refractivity contribution >= 4 is 29.2 Å². The number of imidazole rings is 1. The van der Waals surface area contributed by atoms with E-state index >= 15 is 0 Å². The average Bonchev–Trinajstić information content (AvgIpc) is 3.18. The molecule has 0 aliphatic carbocycles. The summed E-state index contributed by atoms with van der Waals surface area (Å²) in [5.74, 6) is 1.45. The summed E-state index contributed by atoms with van der Waals surface area (Å²) in [4.78, 5) is 18.9. The Hall–Kier alpha value is -2.15. The van der Waals surface area contributed by atoms with E-state index < -0.39 is 0 Å². The quantitative estimate of drug-likeness (QED) is 0.689. The SMILES string of the molecule is C[C@@H]1CN(c2ncc(-c3ncc[nH]3)c(-c3ccc(Cl)cc3Cl)n2)CC[C@H]1O. The normalized spacial score (nSPS) is 20.1. The molecule has 0 bridgehead atoms. The lowest BCUT2D eigenvalue weighted by atomic mass is 9.97. The smallest absolute Gasteiger partial charge is 0.225 e. The number of H-pyrrole nitrogens is 1. The third kappa shape index (κ3) is 3.65. The van der Waals surface area contributed by atoms with E-state index in [0.717, 1.165) is 11.1 Å². The van der Waals surface area contributed by atoms with Crippen molar-refractivity contribution in [1.29, 1.82) is 0 Å². The molecule has 8 heteroatoms. The molecule has 3 aromatic rings. The lowest BCUT2D eigenvalue weighted by Crippen LogP contribution is -2.42. The molecule has 0 radical (unpaired) electrons. The average molecular weight is 404 g/mol. The van der Waals surface area contributed by atoms with Crippen molar-refractivity contribution in [2.75, 3.05) is 18.0 Å². The number of aliphatic hydroxyl groups excluding tert-OH is 1. The molecule has 0 spiro atoms. The number of rotatable bonds is 3. The Morgan fingerprint density at radius 2 is 2.07 bits per heavy atom. The number of benzene rings is 1. The summed E-state index contributed by atoms with van der Waals surface area (Å²) in [7, 11) is 0. The topological polar surface area (TPSA) is 77.9 Å². The number of nitrogens with zero attached hydrogens (tertiary/aromatic N) is 4. The molecule has 6 nitrogen and oxygen atoms in total. The summed E-state index contributed by atoms with van der Waals surface area (Å²) in [5, 5.41) is 11.1. The lowest BCUT2D eigenvalue weighted by Gasteiger charge is -2.34. The van der Waals surface area contributed by atoms with Crippen molar-refractivity contribution in [2.45, 2.75) is 19.4 Å². The Kier molecular flexibility index (Phi) is 5.04. The molecule has 1 aliphatic rings. The molecule has 2 aromatic heterocycles. The van der Waals surface area contributed by atoms with Gasteiger partial charge in [0.05, 0.1) is 22.4 Å². The van der Waals surface area contributed by atoms with Crippen molar-refractivity contribution < 1.29 is 5.11 Å². The summed E-state index contributed by atoms with van der Waals surface area (Å²) < 4.78 is 0. The van der Waals surface area contributed by atoms with Gasteiger partial charge in [0.25, 0.3) is 0 Å². The molecule has 0 amide bonds. The first-order chi connectivity index (χ1) is 13.0. The van der Waals surface area contributed by atoms with Gasteiger partial charge in [-0.3, -0.25) is 0 Å². The zero-order valence-corrected chi connectivity index (χ0v) is 16.2. The molecule has 2 atom stereocenters. The standard InChI is InChI=1S/C19H19Cl2N5O/c1-11-10-26(7-4-16(11)27)19-24-9-14(18-22-5-6-23-18)17(25-19)13-3-2-12(20)8-15(13)21/h2-3,5-6,8-9,11,16,27H,4,7,10H2,1H3,(H,22,23)/t11-,16-/m1/s1. The predicted octanol–water partition coefficient (Wildman–Crippen LogP) is 4.05. The van der Waals surface area contributed by atoms with Gasteiger partial charge < -0.3 is 15.0 Å². The first-order valence-electron chi connectivity index (χ1n) is 8.78. The van der Waals surface area contributed by atoms with Gasteiger partial charge in [-0.15, -0.1) is 0 Å². The summed E-state index contributed by atoms with van der Waals surface area (Å²) in [6.07, 6.45) is 5.61. The Labute approximate surface area is 167 Å². The number of hydrogen-bond acceptors (Lipinski definition) is 5. The fourth-order valence-electron chi connectivity index (χ4n) is 3.31. The Morgan fingerprint density at radius 1 is 1.22 bits per heavy atom. The number of anilines is 1. The van der Waals surface area contributed by atoms with Gasteiger partial charge in [0.1, 0.15) is 5.82 Å². The Morgan fingerprint density at radius 3 is 2.78 bits per heavy atom. The maximum Gasteiger partial charge on any atom is 0.225 e. The van der Waals surface area contributed by atoms with Crippen LogP contribution in [-0.4, -0.2) is 44.2 Å². The highest BCUT2D eigenvalue weighted by atomic mass is 35.5. The van der Waals surface area contributed by atoms with Crippen molar-refractivity contribution in [1.82, 2.24) is 19.9 Å². The third-order valence-electron chi connectivity index (χ3n) is 4.86. The van der Waals surface area contributed by atoms with Gasteiger partial charge in [-0.25, -0.2) is 15.0 Å². The first-order valence-corrected chi connectivity index (χ1v) is 9.53. The van der Waals surface area contributed by atoms with E-state index in [2.05, 4.69) is 19.9 Å². The molecular formula is C19H19Cl2N5O. The van der Waals surface area contributed by atoms with Gasteiger partial charge in [0.2, 0.25) is 5.95 Å². The molecule has 0 saturated carbocycles. The minimum atomic E-state index is -0.283. The maximum atomic E-state index is 10.00. The molecule has 0 unspecified atom stereocenters. The van der Waals surface area contributed by atoms with Gasteiger partial charge in [-0.05, 0) is 30.5 Å². The first kappa shape index (κ1) is 18.2. The largest absolute Gasteiger partial charge is 0.393 e. The maximum absolute atomic E-state index is 10.00. The number of nitrogens with one attached hydrogen (secondary N) is 1. The van der Waals surface area contributed by atoms with Gasteiger partial charge in [-0.1, -0.05) is 30.1 Å². The summed E-state index contributed by atoms with van der Waals surface area (Å²) in [6.45, 7) is 3.44. The fraction of sp³-hybridized carbons (Fsp3) is 0.316. The lowest BCUT2D eigenvalue weighted by molar-refractivity contribution is 0.0966. The van der Waals surface area contributed by atoms with Crippen LogP contribution in [0.2, 0.25) is 10.0 Å². The Bertz CT molecular complexity index is 947. The second kappa shape index (κ2) is 7.46. The van der Waals surface area contributed by atoms with E-state index in [4.69, 9.17) is 28.2 Å². The molecule has 2 N–H and O–H groups in total. The van der Waals surface area contributed by atoms with Crippen molar-refractivity contribution in [3.8, 4) is 22.6 Å². The fourth-order valence-corrected chi connectivity index (χ4v) is 3.81. The van der Waals surface area contributed by atoms with Gasteiger partial charge in [0, 0.05) is 42.3 Å². The van der Waals surface area contributed by atoms with Crippen LogP contribution in [0.4, 0.5) is 5.95 Å². The highest BCUT2D eigenvalue weighted by Gasteiger charge is 2.27. The van der Waals surface area contributed by atoms with Crippen LogP contribution in [0.15, 0.2) is 36.8 Å². The minimum absolute atomic E-state index is 0.162. The zero-order valence-electron chi connectivity index (χ0n) is 14.7. The van der Waals surface area contributed by atoms with Crippen LogP contribution in [0.1, 0.15) is 13.3 Å². The van der Waals surface area contributed by atoms with E-state index in [-0.39, 0.29) is 12.0 Å². The molecule has 3 heterocycles. The van der Waals surface area contributed by atoms with Crippen LogP contribution >= 0.6 is 23.2 Å². The van der Waals surface area contributed by atoms with Crippen LogP contribution in [-0.2, 0) is 0 Å². The second-order valence-electron chi connectivity index (χ2n) is 6.77. The summed E-state index contributed by atoms with van der Waals surface area (Å²) in [5.41, 5.74) is 2.22. The molecule has 1 fully saturated rings. The van der Waals surface area contributed by atoms with Gasteiger partial charge in [0.15, 0.2) is 0 Å². The predicted molar refractivity (Wildman–Crippen MR) is 107 cm³/mol. The van der Waals surface area contributed by atoms with E-state index in [1.807, 2.05) is 13.0 Å². The van der Waals surface area contributed by atoms with Crippen molar-refractivity contribution in [3.63, 3.8) is 0 Å². The van der Waals surface area contributed by atoms with E-state index in [1.165, 1.54) is 0 Å². The highest BCUT2D eigenvalue weighted by molar-refractivity contribution is 6.36. The Balaban J connectivity index is 1.81. The number of aromatic amines is 1. The van der Waals surface area contributed by atoms with Crippen molar-refractivity contribution in [3.05, 3.63) is 46.8 Å². The number of aromatic nitrogens is 4. The second-order valence-corrected chi connectivity index (χ2v) is 7.62. The number of aliphatic hydroxyl groups is 1. The van der Waals surface area contributed by atoms with Crippen LogP contribution < -0.4 is 4.90 Å². The summed E-state index contributed by atoms with van der Waals surface area (Å²) >= 11 is 12.5. The number of hydrogen-bond donors (Lipinski definition) is 2. The van der Waals surface area contributed by atoms with Crippen LogP contribution in [0.5, 0.6) is 0 Å². The zero-order chi connectivity index (χ0) is 19.0. The van der Waals surface area contributed by atoms with E-state index in [9.17, 15) is 5.11 Å². The highest BCUT2D eigenvalue weighted by Crippen LogP contribution is 2.35. The number of halogens is 2. The summed E-state index contributed by atoms with van der Waals surface area (Å²) in [6, 6.07) is 5.34. The molecule has 1 saturated heterocycles. The molecule has 1 aromatic carbocycles. The van der Waals surface area contributed by atoms with Crippen molar-refractivity contribution in [2.24, 2.45) is 5.92 Å². The minimum Gasteiger partial charge on any atom is -0.393 e. The molecule has 27 heavy (non-hydrogen) atoms. The van der Waals surface area contributed by atoms with Crippen LogP contribution in [0, 0.1) is 5.92 Å². The van der Waals surface area contributed by atoms with Crippen LogP contribution in [0.25, 0.3) is 22.6 Å². The van der Waals surface area contributed by atoms with E-state index in [0.29, 0.717) is 47.0 Å². The van der Waals surface area contributed by atoms with Gasteiger partial charge in [-0.2, -0.15) is 0 Å². The molecule has 1 aliphatic heterocycles. The third-order valence-corrected chi connectivity index (χ3v) is 5.41. The molecule has 4 rings (SSSR count). The van der Waals surface area contributed by atoms with E-state index in [1.54, 1.807) is 30.7 Å². The monoisotopic (exact) mass is 403 g/mol. The van der Waals surface area contributed by atoms with Crippen LogP contribution in [0.3, 0.4) is 0 Å². The molecule has 140 valence electrons. The molecular weight excluding hydrogens is 385 g/mol. The van der Waals surface area contributed by atoms with Gasteiger partial charge >= 0.3 is 0 Å².